The number of anilines is 1. The minimum absolute atomic E-state index is 0.0888. The second-order valence-electron chi connectivity index (χ2n) is 7.06. The summed E-state index contributed by atoms with van der Waals surface area (Å²) in [5.74, 6) is 0.729. The van der Waals surface area contributed by atoms with E-state index in [1.807, 2.05) is 12.1 Å². The van der Waals surface area contributed by atoms with E-state index in [4.69, 9.17) is 19.0 Å². The zero-order valence-corrected chi connectivity index (χ0v) is 17.1. The second kappa shape index (κ2) is 9.23. The van der Waals surface area contributed by atoms with Crippen LogP contribution >= 0.6 is 11.3 Å². The molecule has 0 saturated carbocycles. The molecule has 0 bridgehead atoms. The second-order valence-corrected chi connectivity index (χ2v) is 8.06. The van der Waals surface area contributed by atoms with Gasteiger partial charge < -0.3 is 24.2 Å². The van der Waals surface area contributed by atoms with E-state index in [9.17, 15) is 9.90 Å². The summed E-state index contributed by atoms with van der Waals surface area (Å²) in [7, 11) is 1.60. The van der Waals surface area contributed by atoms with Crippen LogP contribution in [0.4, 0.5) is 9.93 Å². The lowest BCUT2D eigenvalue weighted by atomic mass is 10.0. The van der Waals surface area contributed by atoms with Crippen molar-refractivity contribution in [3.63, 3.8) is 0 Å². The lowest BCUT2D eigenvalue weighted by Gasteiger charge is -2.27. The number of hydrogen-bond acceptors (Lipinski definition) is 9. The molecule has 0 unspecified atom stereocenters. The first-order valence-corrected chi connectivity index (χ1v) is 10.5. The first-order chi connectivity index (χ1) is 14.1. The molecule has 2 aliphatic rings. The SMILES string of the molecule is COc1ccc(C2COCCOC2)c2sc(NC(=O)ON3CCC(O)CC3)nc12. The quantitative estimate of drug-likeness (QED) is 0.773. The maximum Gasteiger partial charge on any atom is 0.432 e. The van der Waals surface area contributed by atoms with Crippen LogP contribution in [-0.4, -0.2) is 74.0 Å². The van der Waals surface area contributed by atoms with Gasteiger partial charge in [0.15, 0.2) is 5.13 Å². The summed E-state index contributed by atoms with van der Waals surface area (Å²) in [4.78, 5) is 22.2. The molecule has 2 N–H and O–H groups in total. The Morgan fingerprint density at radius 2 is 2.00 bits per heavy atom. The highest BCUT2D eigenvalue weighted by Gasteiger charge is 2.24. The summed E-state index contributed by atoms with van der Waals surface area (Å²) in [5, 5.41) is 14.3. The number of aliphatic hydroxyl groups excluding tert-OH is 1. The van der Waals surface area contributed by atoms with Gasteiger partial charge in [0.2, 0.25) is 0 Å². The molecular formula is C19H25N3O6S. The molecule has 3 heterocycles. The molecule has 2 fully saturated rings. The zero-order valence-electron chi connectivity index (χ0n) is 16.3. The number of aromatic nitrogens is 1. The standard InChI is InChI=1S/C19H25N3O6S/c1-25-15-3-2-14(12-10-26-8-9-27-11-12)17-16(15)20-18(29-17)21-19(24)28-22-6-4-13(23)5-7-22/h2-3,12-13,23H,4-11H2,1H3,(H,20,21,24). The maximum absolute atomic E-state index is 12.3. The van der Waals surface area contributed by atoms with Crippen LogP contribution in [0.25, 0.3) is 10.2 Å². The smallest absolute Gasteiger partial charge is 0.432 e. The molecule has 0 atom stereocenters. The fourth-order valence-electron chi connectivity index (χ4n) is 3.50. The van der Waals surface area contributed by atoms with E-state index < -0.39 is 6.09 Å². The van der Waals surface area contributed by atoms with Crippen molar-refractivity contribution in [3.8, 4) is 5.75 Å². The van der Waals surface area contributed by atoms with E-state index in [1.54, 1.807) is 12.2 Å². The fourth-order valence-corrected chi connectivity index (χ4v) is 4.56. The first-order valence-electron chi connectivity index (χ1n) is 9.69. The molecule has 0 aliphatic carbocycles. The van der Waals surface area contributed by atoms with Crippen LogP contribution in [0.1, 0.15) is 24.3 Å². The number of nitrogens with one attached hydrogen (secondary N) is 1. The molecule has 9 nitrogen and oxygen atoms in total. The summed E-state index contributed by atoms with van der Waals surface area (Å²) in [6.07, 6.45) is 0.244. The molecular weight excluding hydrogens is 398 g/mol. The maximum atomic E-state index is 12.3. The molecule has 1 aromatic carbocycles. The number of amides is 1. The van der Waals surface area contributed by atoms with Crippen molar-refractivity contribution in [2.24, 2.45) is 0 Å². The van der Waals surface area contributed by atoms with Crippen molar-refractivity contribution in [2.45, 2.75) is 24.9 Å². The number of carbonyl (C=O) groups is 1. The van der Waals surface area contributed by atoms with Crippen LogP contribution in [0, 0.1) is 0 Å². The molecule has 0 radical (unpaired) electrons. The molecule has 2 aromatic rings. The van der Waals surface area contributed by atoms with Gasteiger partial charge in [0.1, 0.15) is 11.3 Å². The normalized spacial score (nSPS) is 19.8. The van der Waals surface area contributed by atoms with Gasteiger partial charge >= 0.3 is 6.09 Å². The van der Waals surface area contributed by atoms with Gasteiger partial charge in [0.05, 0.1) is 44.3 Å². The van der Waals surface area contributed by atoms with Gasteiger partial charge in [-0.3, -0.25) is 5.32 Å². The molecule has 4 rings (SSSR count). The Morgan fingerprint density at radius 3 is 2.69 bits per heavy atom. The number of fused-ring (bicyclic) bond motifs is 1. The average Bonchev–Trinajstić information content (AvgIpc) is 2.95. The summed E-state index contributed by atoms with van der Waals surface area (Å²) in [6.45, 7) is 3.34. The largest absolute Gasteiger partial charge is 0.494 e. The highest BCUT2D eigenvalue weighted by atomic mass is 32.1. The molecule has 1 aromatic heterocycles. The van der Waals surface area contributed by atoms with Gasteiger partial charge in [-0.15, -0.1) is 5.06 Å². The number of hydrogen-bond donors (Lipinski definition) is 2. The number of thiazole rings is 1. The number of piperidine rings is 1. The Balaban J connectivity index is 1.52. The number of benzene rings is 1. The topological polar surface area (TPSA) is 102 Å². The number of methoxy groups -OCH3 is 1. The van der Waals surface area contributed by atoms with E-state index >= 15 is 0 Å². The van der Waals surface area contributed by atoms with E-state index in [-0.39, 0.29) is 12.0 Å². The summed E-state index contributed by atoms with van der Waals surface area (Å²) in [6, 6.07) is 3.88. The Morgan fingerprint density at radius 1 is 1.28 bits per heavy atom. The van der Waals surface area contributed by atoms with Crippen molar-refractivity contribution >= 4 is 32.8 Å². The Bertz CT molecular complexity index is 844. The van der Waals surface area contributed by atoms with E-state index in [2.05, 4.69) is 10.3 Å². The monoisotopic (exact) mass is 423 g/mol. The third-order valence-electron chi connectivity index (χ3n) is 5.05. The number of carbonyl (C=O) groups excluding carboxylic acids is 1. The van der Waals surface area contributed by atoms with E-state index in [0.717, 1.165) is 10.3 Å². The van der Waals surface area contributed by atoms with Crippen molar-refractivity contribution in [2.75, 3.05) is 51.9 Å². The van der Waals surface area contributed by atoms with Gasteiger partial charge in [0.25, 0.3) is 0 Å². The lowest BCUT2D eigenvalue weighted by molar-refractivity contribution is -0.122. The number of hydroxylamine groups is 2. The molecule has 29 heavy (non-hydrogen) atoms. The zero-order chi connectivity index (χ0) is 20.2. The van der Waals surface area contributed by atoms with Crippen LogP contribution in [0.5, 0.6) is 5.75 Å². The van der Waals surface area contributed by atoms with Crippen LogP contribution < -0.4 is 10.1 Å². The van der Waals surface area contributed by atoms with E-state index in [0.29, 0.717) is 68.8 Å². The van der Waals surface area contributed by atoms with Gasteiger partial charge in [-0.25, -0.2) is 9.78 Å². The van der Waals surface area contributed by atoms with Gasteiger partial charge in [-0.1, -0.05) is 17.4 Å². The van der Waals surface area contributed by atoms with Crippen LogP contribution in [0.15, 0.2) is 12.1 Å². The Hall–Kier alpha value is -1.98. The van der Waals surface area contributed by atoms with Crippen molar-refractivity contribution in [1.29, 1.82) is 0 Å². The molecule has 0 spiro atoms. The minimum atomic E-state index is -0.595. The average molecular weight is 423 g/mol. The van der Waals surface area contributed by atoms with Crippen LogP contribution in [-0.2, 0) is 14.3 Å². The van der Waals surface area contributed by atoms with E-state index in [1.165, 1.54) is 11.3 Å². The van der Waals surface area contributed by atoms with Crippen molar-refractivity contribution in [1.82, 2.24) is 10.0 Å². The van der Waals surface area contributed by atoms with Gasteiger partial charge in [-0.2, -0.15) is 0 Å². The predicted molar refractivity (Wildman–Crippen MR) is 107 cm³/mol. The van der Waals surface area contributed by atoms with Gasteiger partial charge in [-0.05, 0) is 24.5 Å². The van der Waals surface area contributed by atoms with Crippen LogP contribution in [0.3, 0.4) is 0 Å². The third kappa shape index (κ3) is 4.78. The number of aliphatic hydroxyl groups is 1. The molecule has 2 aliphatic heterocycles. The number of rotatable bonds is 4. The summed E-state index contributed by atoms with van der Waals surface area (Å²) < 4.78 is 17.7. The first kappa shape index (κ1) is 20.3. The summed E-state index contributed by atoms with van der Waals surface area (Å²) in [5.41, 5.74) is 1.75. The Labute approximate surface area is 172 Å². The molecule has 158 valence electrons. The van der Waals surface area contributed by atoms with Crippen LogP contribution in [0.2, 0.25) is 0 Å². The molecule has 1 amide bonds. The van der Waals surface area contributed by atoms with Gasteiger partial charge in [0, 0.05) is 19.0 Å². The summed E-state index contributed by atoms with van der Waals surface area (Å²) >= 11 is 1.37. The number of ether oxygens (including phenoxy) is 3. The van der Waals surface area contributed by atoms with Crippen molar-refractivity contribution < 1.29 is 28.9 Å². The predicted octanol–water partition coefficient (Wildman–Crippen LogP) is 2.36. The fraction of sp³-hybridized carbons (Fsp3) is 0.579. The molecule has 2 saturated heterocycles. The lowest BCUT2D eigenvalue weighted by Crippen LogP contribution is -2.38. The van der Waals surface area contributed by atoms with Crippen molar-refractivity contribution in [3.05, 3.63) is 17.7 Å². The number of nitrogens with zero attached hydrogens (tertiary/aromatic N) is 2. The highest BCUT2D eigenvalue weighted by molar-refractivity contribution is 7.22. The highest BCUT2D eigenvalue weighted by Crippen LogP contribution is 2.38. The molecule has 10 heteroatoms. The third-order valence-corrected chi connectivity index (χ3v) is 6.07. The Kier molecular flexibility index (Phi) is 6.46. The minimum Gasteiger partial charge on any atom is -0.494 e.